The fraction of sp³-hybridized carbons (Fsp3) is 0.0667. The molecule has 0 radical (unpaired) electrons. The maximum atomic E-state index is 4.71. The molecule has 4 heterocycles. The molecule has 0 fully saturated rings. The van der Waals surface area contributed by atoms with Crippen LogP contribution in [0.4, 0.5) is 5.82 Å². The van der Waals surface area contributed by atoms with Crippen molar-refractivity contribution < 1.29 is 0 Å². The Morgan fingerprint density at radius 1 is 1.20 bits per heavy atom. The van der Waals surface area contributed by atoms with Gasteiger partial charge in [-0.3, -0.25) is 4.98 Å². The molecule has 1 N–H and O–H groups in total. The molecule has 4 aromatic rings. The second kappa shape index (κ2) is 4.61. The van der Waals surface area contributed by atoms with Crippen LogP contribution in [-0.4, -0.2) is 14.4 Å². The normalized spacial score (nSPS) is 11.2. The molecular formula is C15H12N4S. The molecule has 4 aromatic heterocycles. The van der Waals surface area contributed by atoms with Crippen LogP contribution in [0.15, 0.2) is 54.3 Å². The lowest BCUT2D eigenvalue weighted by atomic mass is 10.3. The van der Waals surface area contributed by atoms with E-state index >= 15 is 0 Å². The Labute approximate surface area is 119 Å². The predicted octanol–water partition coefficient (Wildman–Crippen LogP) is 3.56. The molecule has 0 unspecified atom stereocenters. The number of aromatic nitrogens is 3. The van der Waals surface area contributed by atoms with E-state index in [1.807, 2.05) is 18.3 Å². The van der Waals surface area contributed by atoms with Crippen LogP contribution in [0.2, 0.25) is 0 Å². The van der Waals surface area contributed by atoms with Gasteiger partial charge < -0.3 is 9.72 Å². The van der Waals surface area contributed by atoms with E-state index in [9.17, 15) is 0 Å². The summed E-state index contributed by atoms with van der Waals surface area (Å²) in [4.78, 5) is 10.0. The van der Waals surface area contributed by atoms with Crippen molar-refractivity contribution >= 4 is 33.0 Å². The number of anilines is 1. The molecule has 0 spiro atoms. The van der Waals surface area contributed by atoms with Crippen molar-refractivity contribution in [3.8, 4) is 0 Å². The molecule has 5 heteroatoms. The summed E-state index contributed by atoms with van der Waals surface area (Å²) in [6.45, 7) is 0.720. The summed E-state index contributed by atoms with van der Waals surface area (Å²) in [5.74, 6) is 0.907. The minimum Gasteiger partial charge on any atom is -0.364 e. The highest BCUT2D eigenvalue weighted by molar-refractivity contribution is 7.16. The molecule has 20 heavy (non-hydrogen) atoms. The number of hydrogen-bond acceptors (Lipinski definition) is 4. The lowest BCUT2D eigenvalue weighted by molar-refractivity contribution is 1.09. The van der Waals surface area contributed by atoms with Crippen LogP contribution in [0.5, 0.6) is 0 Å². The van der Waals surface area contributed by atoms with Crippen molar-refractivity contribution in [3.05, 3.63) is 59.9 Å². The number of nitrogens with one attached hydrogen (secondary N) is 1. The Hall–Kier alpha value is -2.40. The van der Waals surface area contributed by atoms with Gasteiger partial charge in [-0.15, -0.1) is 11.3 Å². The van der Waals surface area contributed by atoms with E-state index < -0.39 is 0 Å². The van der Waals surface area contributed by atoms with Gasteiger partial charge in [0.25, 0.3) is 0 Å². The lowest BCUT2D eigenvalue weighted by Crippen LogP contribution is -2.03. The van der Waals surface area contributed by atoms with Crippen molar-refractivity contribution in [1.29, 1.82) is 0 Å². The van der Waals surface area contributed by atoms with Gasteiger partial charge in [-0.25, -0.2) is 4.98 Å². The predicted molar refractivity (Wildman–Crippen MR) is 82.1 cm³/mol. The van der Waals surface area contributed by atoms with Gasteiger partial charge in [0.2, 0.25) is 0 Å². The number of thiophene rings is 1. The highest BCUT2D eigenvalue weighted by Gasteiger charge is 2.08. The maximum Gasteiger partial charge on any atom is 0.151 e. The van der Waals surface area contributed by atoms with Crippen LogP contribution in [0.3, 0.4) is 0 Å². The van der Waals surface area contributed by atoms with E-state index in [0.29, 0.717) is 0 Å². The molecule has 4 rings (SSSR count). The van der Waals surface area contributed by atoms with Crippen molar-refractivity contribution in [2.45, 2.75) is 6.54 Å². The molecule has 0 amide bonds. The largest absolute Gasteiger partial charge is 0.364 e. The van der Waals surface area contributed by atoms with E-state index in [-0.39, 0.29) is 0 Å². The maximum absolute atomic E-state index is 4.71. The average molecular weight is 280 g/mol. The Morgan fingerprint density at radius 3 is 3.10 bits per heavy atom. The fourth-order valence-electron chi connectivity index (χ4n) is 2.31. The molecule has 0 saturated carbocycles. The Bertz CT molecular complexity index is 863. The monoisotopic (exact) mass is 280 g/mol. The summed E-state index contributed by atoms with van der Waals surface area (Å²) in [7, 11) is 0. The van der Waals surface area contributed by atoms with E-state index in [0.717, 1.165) is 29.0 Å². The molecule has 0 atom stereocenters. The number of hydrogen-bond donors (Lipinski definition) is 1. The number of pyridine rings is 1. The van der Waals surface area contributed by atoms with Gasteiger partial charge in [0, 0.05) is 25.1 Å². The second-order valence-electron chi connectivity index (χ2n) is 4.55. The Morgan fingerprint density at radius 2 is 2.20 bits per heavy atom. The SMILES string of the molecule is c1cncc(CNc2nc3ccsc3n3cccc23)c1. The first-order valence-corrected chi connectivity index (χ1v) is 7.27. The van der Waals surface area contributed by atoms with E-state index in [4.69, 9.17) is 4.98 Å². The standard InChI is InChI=1S/C15H12N4S/c1-3-11(9-16-6-1)10-17-14-13-4-2-7-19(13)15-12(18-14)5-8-20-15/h1-9H,10H2,(H,17,18). The van der Waals surface area contributed by atoms with Crippen molar-refractivity contribution in [2.24, 2.45) is 0 Å². The summed E-state index contributed by atoms with van der Waals surface area (Å²) in [6.07, 6.45) is 5.72. The summed E-state index contributed by atoms with van der Waals surface area (Å²) in [5, 5.41) is 5.48. The molecule has 0 bridgehead atoms. The topological polar surface area (TPSA) is 42.2 Å². The zero-order chi connectivity index (χ0) is 13.4. The first-order chi connectivity index (χ1) is 9.92. The van der Waals surface area contributed by atoms with Gasteiger partial charge in [-0.05, 0) is 35.2 Å². The number of fused-ring (bicyclic) bond motifs is 3. The van der Waals surface area contributed by atoms with Crippen molar-refractivity contribution in [1.82, 2.24) is 14.4 Å². The molecule has 98 valence electrons. The highest BCUT2D eigenvalue weighted by Crippen LogP contribution is 2.26. The number of rotatable bonds is 3. The first kappa shape index (κ1) is 11.4. The van der Waals surface area contributed by atoms with Gasteiger partial charge in [-0.2, -0.15) is 0 Å². The molecule has 0 aliphatic rings. The quantitative estimate of drug-likeness (QED) is 0.624. The first-order valence-electron chi connectivity index (χ1n) is 6.39. The summed E-state index contributed by atoms with van der Waals surface area (Å²) >= 11 is 1.71. The number of nitrogens with zero attached hydrogens (tertiary/aromatic N) is 3. The fourth-order valence-corrected chi connectivity index (χ4v) is 3.14. The molecule has 0 aromatic carbocycles. The van der Waals surface area contributed by atoms with Crippen LogP contribution >= 0.6 is 11.3 Å². The molecule has 0 saturated heterocycles. The highest BCUT2D eigenvalue weighted by atomic mass is 32.1. The van der Waals surface area contributed by atoms with E-state index in [2.05, 4.69) is 44.5 Å². The lowest BCUT2D eigenvalue weighted by Gasteiger charge is -2.08. The molecule has 0 aliphatic carbocycles. The van der Waals surface area contributed by atoms with Crippen LogP contribution in [0, 0.1) is 0 Å². The van der Waals surface area contributed by atoms with Crippen LogP contribution in [0.25, 0.3) is 15.9 Å². The van der Waals surface area contributed by atoms with Gasteiger partial charge in [-0.1, -0.05) is 6.07 Å². The third kappa shape index (κ3) is 1.83. The van der Waals surface area contributed by atoms with Crippen LogP contribution in [0.1, 0.15) is 5.56 Å². The Kier molecular flexibility index (Phi) is 2.63. The molecule has 4 nitrogen and oxygen atoms in total. The third-order valence-electron chi connectivity index (χ3n) is 3.25. The van der Waals surface area contributed by atoms with E-state index in [1.165, 1.54) is 4.83 Å². The third-order valence-corrected chi connectivity index (χ3v) is 4.15. The zero-order valence-electron chi connectivity index (χ0n) is 10.7. The van der Waals surface area contributed by atoms with Crippen molar-refractivity contribution in [2.75, 3.05) is 5.32 Å². The van der Waals surface area contributed by atoms with Crippen molar-refractivity contribution in [3.63, 3.8) is 0 Å². The Balaban J connectivity index is 1.76. The average Bonchev–Trinajstić information content (AvgIpc) is 3.13. The minimum absolute atomic E-state index is 0.720. The second-order valence-corrected chi connectivity index (χ2v) is 5.44. The summed E-state index contributed by atoms with van der Waals surface area (Å²) < 4.78 is 2.18. The van der Waals surface area contributed by atoms with Crippen LogP contribution < -0.4 is 5.32 Å². The minimum atomic E-state index is 0.720. The van der Waals surface area contributed by atoms with E-state index in [1.54, 1.807) is 17.5 Å². The van der Waals surface area contributed by atoms with Gasteiger partial charge >= 0.3 is 0 Å². The molecular weight excluding hydrogens is 268 g/mol. The molecule has 0 aliphatic heterocycles. The summed E-state index contributed by atoms with van der Waals surface area (Å²) in [5.41, 5.74) is 3.26. The zero-order valence-corrected chi connectivity index (χ0v) is 11.5. The van der Waals surface area contributed by atoms with Gasteiger partial charge in [0.1, 0.15) is 10.3 Å². The summed E-state index contributed by atoms with van der Waals surface area (Å²) in [6, 6.07) is 10.2. The van der Waals surface area contributed by atoms with Gasteiger partial charge in [0.05, 0.1) is 5.52 Å². The van der Waals surface area contributed by atoms with Gasteiger partial charge in [0.15, 0.2) is 5.82 Å². The smallest absolute Gasteiger partial charge is 0.151 e. The van der Waals surface area contributed by atoms with Crippen LogP contribution in [-0.2, 0) is 6.54 Å².